The van der Waals surface area contributed by atoms with E-state index < -0.39 is 0 Å². The lowest BCUT2D eigenvalue weighted by Crippen LogP contribution is -2.33. The van der Waals surface area contributed by atoms with Crippen molar-refractivity contribution in [2.45, 2.75) is 26.7 Å². The van der Waals surface area contributed by atoms with E-state index in [0.717, 1.165) is 17.0 Å². The van der Waals surface area contributed by atoms with E-state index >= 15 is 0 Å². The van der Waals surface area contributed by atoms with E-state index in [9.17, 15) is 9.59 Å². The normalized spacial score (nSPS) is 24.9. The van der Waals surface area contributed by atoms with Gasteiger partial charge in [-0.2, -0.15) is 0 Å². The van der Waals surface area contributed by atoms with Crippen LogP contribution in [0.3, 0.4) is 0 Å². The molecule has 2 aliphatic heterocycles. The number of carbonyl (C=O) groups is 2. The van der Waals surface area contributed by atoms with Crippen LogP contribution in [0.2, 0.25) is 0 Å². The van der Waals surface area contributed by atoms with Gasteiger partial charge in [0.2, 0.25) is 11.8 Å². The zero-order chi connectivity index (χ0) is 14.3. The Kier molecular flexibility index (Phi) is 3.23. The molecule has 2 aliphatic rings. The van der Waals surface area contributed by atoms with Crippen LogP contribution in [0.5, 0.6) is 0 Å². The molecular weight excluding hydrogens is 258 g/mol. The molecule has 2 amide bonds. The molecule has 6 heteroatoms. The summed E-state index contributed by atoms with van der Waals surface area (Å²) in [5.74, 6) is 1.29. The highest BCUT2D eigenvalue weighted by Crippen LogP contribution is 2.28. The Morgan fingerprint density at radius 3 is 2.90 bits per heavy atom. The molecule has 0 unspecified atom stereocenters. The van der Waals surface area contributed by atoms with Gasteiger partial charge >= 0.3 is 0 Å². The average molecular weight is 277 g/mol. The average Bonchev–Trinajstić information content (AvgIpc) is 3.06. The SMILES string of the molecule is Cc1noc(C)c1CCC(=O)N1C[C@@H]2CNC(=O)[C@@H]2C1. The van der Waals surface area contributed by atoms with Crippen molar-refractivity contribution in [1.29, 1.82) is 0 Å². The smallest absolute Gasteiger partial charge is 0.225 e. The molecule has 0 saturated carbocycles. The topological polar surface area (TPSA) is 75.4 Å². The number of amides is 2. The molecule has 0 aliphatic carbocycles. The van der Waals surface area contributed by atoms with Crippen molar-refractivity contribution in [2.75, 3.05) is 19.6 Å². The molecule has 1 N–H and O–H groups in total. The number of fused-ring (bicyclic) bond motifs is 1. The van der Waals surface area contributed by atoms with Gasteiger partial charge < -0.3 is 14.7 Å². The molecule has 0 bridgehead atoms. The molecule has 1 aromatic heterocycles. The van der Waals surface area contributed by atoms with Crippen molar-refractivity contribution in [1.82, 2.24) is 15.4 Å². The van der Waals surface area contributed by atoms with Crippen molar-refractivity contribution < 1.29 is 14.1 Å². The highest BCUT2D eigenvalue weighted by Gasteiger charge is 2.43. The summed E-state index contributed by atoms with van der Waals surface area (Å²) in [6.45, 7) is 5.73. The van der Waals surface area contributed by atoms with Crippen LogP contribution in [0.4, 0.5) is 0 Å². The summed E-state index contributed by atoms with van der Waals surface area (Å²) in [5, 5.41) is 6.75. The lowest BCUT2D eigenvalue weighted by molar-refractivity contribution is -0.130. The molecule has 0 radical (unpaired) electrons. The van der Waals surface area contributed by atoms with Gasteiger partial charge in [-0.05, 0) is 20.3 Å². The second-order valence-electron chi connectivity index (χ2n) is 5.71. The first kappa shape index (κ1) is 13.1. The maximum atomic E-state index is 12.2. The molecule has 6 nitrogen and oxygen atoms in total. The van der Waals surface area contributed by atoms with E-state index in [4.69, 9.17) is 4.52 Å². The van der Waals surface area contributed by atoms with Gasteiger partial charge in [-0.15, -0.1) is 0 Å². The standard InChI is InChI=1S/C14H19N3O3/c1-8-11(9(2)20-16-8)3-4-13(18)17-6-10-5-15-14(19)12(10)7-17/h10,12H,3-7H2,1-2H3,(H,15,19)/t10-,12+/m0/s1. The predicted octanol–water partition coefficient (Wildman–Crippen LogP) is 0.428. The molecule has 3 heterocycles. The van der Waals surface area contributed by atoms with E-state index in [2.05, 4.69) is 10.5 Å². The van der Waals surface area contributed by atoms with Gasteiger partial charge in [0.05, 0.1) is 11.6 Å². The minimum Gasteiger partial charge on any atom is -0.361 e. The number of aromatic nitrogens is 1. The van der Waals surface area contributed by atoms with Crippen molar-refractivity contribution in [2.24, 2.45) is 11.8 Å². The Hall–Kier alpha value is -1.85. The van der Waals surface area contributed by atoms with Crippen LogP contribution in [-0.2, 0) is 16.0 Å². The van der Waals surface area contributed by atoms with Crippen LogP contribution < -0.4 is 5.32 Å². The third-order valence-corrected chi connectivity index (χ3v) is 4.44. The van der Waals surface area contributed by atoms with Crippen LogP contribution in [0.1, 0.15) is 23.4 Å². The van der Waals surface area contributed by atoms with Crippen LogP contribution in [-0.4, -0.2) is 41.5 Å². The minimum absolute atomic E-state index is 0.00184. The molecule has 1 aromatic rings. The van der Waals surface area contributed by atoms with Gasteiger partial charge in [0.15, 0.2) is 0 Å². The Balaban J connectivity index is 1.57. The van der Waals surface area contributed by atoms with E-state index in [-0.39, 0.29) is 17.7 Å². The van der Waals surface area contributed by atoms with Crippen molar-refractivity contribution >= 4 is 11.8 Å². The summed E-state index contributed by atoms with van der Waals surface area (Å²) < 4.78 is 5.10. The van der Waals surface area contributed by atoms with E-state index in [0.29, 0.717) is 38.4 Å². The van der Waals surface area contributed by atoms with Crippen molar-refractivity contribution in [3.8, 4) is 0 Å². The van der Waals surface area contributed by atoms with E-state index in [1.165, 1.54) is 0 Å². The third-order valence-electron chi connectivity index (χ3n) is 4.44. The van der Waals surface area contributed by atoms with Gasteiger partial charge in [-0.3, -0.25) is 9.59 Å². The quantitative estimate of drug-likeness (QED) is 0.869. The molecule has 20 heavy (non-hydrogen) atoms. The highest BCUT2D eigenvalue weighted by molar-refractivity contribution is 5.84. The summed E-state index contributed by atoms with van der Waals surface area (Å²) in [5.41, 5.74) is 1.88. The summed E-state index contributed by atoms with van der Waals surface area (Å²) in [4.78, 5) is 25.7. The van der Waals surface area contributed by atoms with Gasteiger partial charge in [-0.1, -0.05) is 5.16 Å². The number of carbonyl (C=O) groups excluding carboxylic acids is 2. The Bertz CT molecular complexity index is 532. The Labute approximate surface area is 117 Å². The fourth-order valence-electron chi connectivity index (χ4n) is 3.19. The minimum atomic E-state index is -0.00184. The maximum absolute atomic E-state index is 12.2. The first-order valence-corrected chi connectivity index (χ1v) is 7.03. The van der Waals surface area contributed by atoms with Crippen LogP contribution in [0, 0.1) is 25.7 Å². The fraction of sp³-hybridized carbons (Fsp3) is 0.643. The largest absolute Gasteiger partial charge is 0.361 e. The second-order valence-corrected chi connectivity index (χ2v) is 5.71. The number of hydrogen-bond donors (Lipinski definition) is 1. The monoisotopic (exact) mass is 277 g/mol. The second kappa shape index (κ2) is 4.92. The van der Waals surface area contributed by atoms with Crippen LogP contribution >= 0.6 is 0 Å². The maximum Gasteiger partial charge on any atom is 0.225 e. The van der Waals surface area contributed by atoms with Crippen molar-refractivity contribution in [3.63, 3.8) is 0 Å². The highest BCUT2D eigenvalue weighted by atomic mass is 16.5. The van der Waals surface area contributed by atoms with E-state index in [1.54, 1.807) is 0 Å². The third kappa shape index (κ3) is 2.19. The van der Waals surface area contributed by atoms with Gasteiger partial charge in [-0.25, -0.2) is 0 Å². The summed E-state index contributed by atoms with van der Waals surface area (Å²) in [7, 11) is 0. The molecule has 108 valence electrons. The van der Waals surface area contributed by atoms with Crippen LogP contribution in [0.25, 0.3) is 0 Å². The molecule has 3 rings (SSSR count). The molecule has 0 spiro atoms. The number of nitrogens with one attached hydrogen (secondary N) is 1. The number of nitrogens with zero attached hydrogens (tertiary/aromatic N) is 2. The van der Waals surface area contributed by atoms with E-state index in [1.807, 2.05) is 18.7 Å². The lowest BCUT2D eigenvalue weighted by Gasteiger charge is -2.17. The zero-order valence-electron chi connectivity index (χ0n) is 11.8. The Morgan fingerprint density at radius 1 is 1.45 bits per heavy atom. The number of likely N-dealkylation sites (tertiary alicyclic amines) is 1. The number of aryl methyl sites for hydroxylation is 2. The van der Waals surface area contributed by atoms with Crippen LogP contribution in [0.15, 0.2) is 4.52 Å². The van der Waals surface area contributed by atoms with Gasteiger partial charge in [0.1, 0.15) is 5.76 Å². The lowest BCUT2D eigenvalue weighted by atomic mass is 10.0. The first-order chi connectivity index (χ1) is 9.56. The molecule has 2 fully saturated rings. The zero-order valence-corrected chi connectivity index (χ0v) is 11.8. The summed E-state index contributed by atoms with van der Waals surface area (Å²) >= 11 is 0. The molecule has 0 aromatic carbocycles. The molecule has 2 saturated heterocycles. The summed E-state index contributed by atoms with van der Waals surface area (Å²) in [6, 6.07) is 0. The van der Waals surface area contributed by atoms with Crippen molar-refractivity contribution in [3.05, 3.63) is 17.0 Å². The van der Waals surface area contributed by atoms with Gasteiger partial charge in [0.25, 0.3) is 0 Å². The molecular formula is C14H19N3O3. The number of rotatable bonds is 3. The first-order valence-electron chi connectivity index (χ1n) is 7.03. The molecule has 2 atom stereocenters. The Morgan fingerprint density at radius 2 is 2.25 bits per heavy atom. The summed E-state index contributed by atoms with van der Waals surface area (Å²) in [6.07, 6.45) is 1.10. The predicted molar refractivity (Wildman–Crippen MR) is 70.9 cm³/mol. The number of hydrogen-bond acceptors (Lipinski definition) is 4. The van der Waals surface area contributed by atoms with Gasteiger partial charge in [0, 0.05) is 37.5 Å². The fourth-order valence-corrected chi connectivity index (χ4v) is 3.19.